The number of hydrogen-bond acceptors (Lipinski definition) is 5. The molecule has 1 amide bonds. The number of fused-ring (bicyclic) bond motifs is 1. The summed E-state index contributed by atoms with van der Waals surface area (Å²) >= 11 is 0. The maximum atomic E-state index is 12.3. The minimum atomic E-state index is -0.137. The molecule has 122 valence electrons. The minimum absolute atomic E-state index is 0.137. The van der Waals surface area contributed by atoms with Crippen LogP contribution in [0.15, 0.2) is 59.6 Å². The fourth-order valence-electron chi connectivity index (χ4n) is 2.47. The van der Waals surface area contributed by atoms with Gasteiger partial charge in [0.2, 0.25) is 0 Å². The number of nitrogens with zero attached hydrogens (tertiary/aromatic N) is 1. The standard InChI is InChI=1S/C18H17N3OS2/c1-23-24-16-8-7-13(15-6-3-9-20-17(15)16)11-21-18(22)12-4-2-5-14(19)10-12/h2-10H,11,19H2,1H3,(H,21,22). The summed E-state index contributed by atoms with van der Waals surface area (Å²) in [4.78, 5) is 17.9. The second-order valence-electron chi connectivity index (χ2n) is 5.18. The molecule has 1 aromatic heterocycles. The summed E-state index contributed by atoms with van der Waals surface area (Å²) in [6, 6.07) is 15.0. The van der Waals surface area contributed by atoms with Crippen LogP contribution in [-0.2, 0) is 6.54 Å². The van der Waals surface area contributed by atoms with E-state index < -0.39 is 0 Å². The number of carbonyl (C=O) groups excluding carboxylic acids is 1. The van der Waals surface area contributed by atoms with Crippen LogP contribution in [0, 0.1) is 0 Å². The number of anilines is 1. The maximum Gasteiger partial charge on any atom is 0.251 e. The van der Waals surface area contributed by atoms with E-state index in [1.54, 1.807) is 52.1 Å². The van der Waals surface area contributed by atoms with E-state index in [0.29, 0.717) is 17.8 Å². The number of nitrogens with two attached hydrogens (primary N) is 1. The Morgan fingerprint density at radius 3 is 2.88 bits per heavy atom. The molecule has 0 aliphatic heterocycles. The van der Waals surface area contributed by atoms with Crippen LogP contribution in [0.25, 0.3) is 10.9 Å². The summed E-state index contributed by atoms with van der Waals surface area (Å²) in [6.45, 7) is 0.444. The summed E-state index contributed by atoms with van der Waals surface area (Å²) < 4.78 is 0. The first-order valence-electron chi connectivity index (χ1n) is 7.40. The number of carbonyl (C=O) groups is 1. The number of amides is 1. The van der Waals surface area contributed by atoms with Gasteiger partial charge in [-0.15, -0.1) is 0 Å². The summed E-state index contributed by atoms with van der Waals surface area (Å²) in [5.41, 5.74) is 8.88. The Labute approximate surface area is 148 Å². The van der Waals surface area contributed by atoms with Gasteiger partial charge in [-0.3, -0.25) is 9.78 Å². The molecule has 0 saturated carbocycles. The third-order valence-corrected chi connectivity index (χ3v) is 5.30. The number of aromatic nitrogens is 1. The van der Waals surface area contributed by atoms with Gasteiger partial charge < -0.3 is 11.1 Å². The molecule has 3 N–H and O–H groups in total. The zero-order valence-corrected chi connectivity index (χ0v) is 14.8. The van der Waals surface area contributed by atoms with Crippen molar-refractivity contribution in [3.05, 3.63) is 65.9 Å². The number of nitrogens with one attached hydrogen (secondary N) is 1. The SMILES string of the molecule is CSSc1ccc(CNC(=O)c2cccc(N)c2)c2cccnc12. The zero-order valence-electron chi connectivity index (χ0n) is 13.2. The van der Waals surface area contributed by atoms with Crippen molar-refractivity contribution in [2.24, 2.45) is 0 Å². The fourth-order valence-corrected chi connectivity index (χ4v) is 3.96. The molecule has 0 atom stereocenters. The second-order valence-corrected chi connectivity index (χ2v) is 7.62. The smallest absolute Gasteiger partial charge is 0.251 e. The number of rotatable bonds is 5. The van der Waals surface area contributed by atoms with Gasteiger partial charge in [-0.05, 0) is 42.2 Å². The van der Waals surface area contributed by atoms with E-state index in [9.17, 15) is 4.79 Å². The number of nitrogen functional groups attached to an aromatic ring is 1. The van der Waals surface area contributed by atoms with Crippen LogP contribution in [0.2, 0.25) is 0 Å². The maximum absolute atomic E-state index is 12.3. The van der Waals surface area contributed by atoms with Crippen LogP contribution < -0.4 is 11.1 Å². The molecule has 0 aliphatic rings. The molecule has 0 fully saturated rings. The van der Waals surface area contributed by atoms with Crippen molar-refractivity contribution >= 4 is 44.1 Å². The number of hydrogen-bond donors (Lipinski definition) is 2. The highest BCUT2D eigenvalue weighted by atomic mass is 33.1. The molecule has 6 heteroatoms. The molecule has 2 aromatic carbocycles. The van der Waals surface area contributed by atoms with Gasteiger partial charge in [0.1, 0.15) is 0 Å². The lowest BCUT2D eigenvalue weighted by Crippen LogP contribution is -2.23. The highest BCUT2D eigenvalue weighted by Gasteiger charge is 2.10. The van der Waals surface area contributed by atoms with Crippen molar-refractivity contribution in [3.8, 4) is 0 Å². The molecule has 0 unspecified atom stereocenters. The van der Waals surface area contributed by atoms with E-state index in [1.807, 2.05) is 24.5 Å². The molecule has 0 saturated heterocycles. The van der Waals surface area contributed by atoms with Gasteiger partial charge in [-0.1, -0.05) is 39.8 Å². The normalized spacial score (nSPS) is 10.7. The summed E-state index contributed by atoms with van der Waals surface area (Å²) in [5, 5.41) is 4.01. The first-order chi connectivity index (χ1) is 11.7. The average Bonchev–Trinajstić information content (AvgIpc) is 2.61. The highest BCUT2D eigenvalue weighted by Crippen LogP contribution is 2.34. The van der Waals surface area contributed by atoms with E-state index in [1.165, 1.54) is 0 Å². The predicted octanol–water partition coefficient (Wildman–Crippen LogP) is 4.12. The minimum Gasteiger partial charge on any atom is -0.399 e. The Morgan fingerprint density at radius 1 is 1.21 bits per heavy atom. The van der Waals surface area contributed by atoms with Crippen molar-refractivity contribution in [1.29, 1.82) is 0 Å². The molecule has 24 heavy (non-hydrogen) atoms. The first-order valence-corrected chi connectivity index (χ1v) is 9.96. The monoisotopic (exact) mass is 355 g/mol. The van der Waals surface area contributed by atoms with Crippen molar-refractivity contribution in [1.82, 2.24) is 10.3 Å². The zero-order chi connectivity index (χ0) is 16.9. The molecule has 3 aromatic rings. The van der Waals surface area contributed by atoms with Gasteiger partial charge in [-0.25, -0.2) is 0 Å². The van der Waals surface area contributed by atoms with E-state index in [4.69, 9.17) is 5.73 Å². The quantitative estimate of drug-likeness (QED) is 0.532. The van der Waals surface area contributed by atoms with Crippen LogP contribution in [0.4, 0.5) is 5.69 Å². The lowest BCUT2D eigenvalue weighted by molar-refractivity contribution is 0.0951. The molecule has 4 nitrogen and oxygen atoms in total. The lowest BCUT2D eigenvalue weighted by atomic mass is 10.1. The third-order valence-electron chi connectivity index (χ3n) is 3.58. The van der Waals surface area contributed by atoms with Crippen molar-refractivity contribution in [2.45, 2.75) is 11.4 Å². The summed E-state index contributed by atoms with van der Waals surface area (Å²) in [7, 11) is 3.38. The third kappa shape index (κ3) is 3.66. The molecule has 0 spiro atoms. The van der Waals surface area contributed by atoms with Crippen LogP contribution in [0.1, 0.15) is 15.9 Å². The Morgan fingerprint density at radius 2 is 2.08 bits per heavy atom. The molecular weight excluding hydrogens is 338 g/mol. The van der Waals surface area contributed by atoms with Crippen LogP contribution in [0.5, 0.6) is 0 Å². The molecule has 0 radical (unpaired) electrons. The van der Waals surface area contributed by atoms with E-state index >= 15 is 0 Å². The van der Waals surface area contributed by atoms with Gasteiger partial charge >= 0.3 is 0 Å². The Bertz CT molecular complexity index is 883. The van der Waals surface area contributed by atoms with Gasteiger partial charge in [-0.2, -0.15) is 0 Å². The largest absolute Gasteiger partial charge is 0.399 e. The van der Waals surface area contributed by atoms with Gasteiger partial charge in [0.25, 0.3) is 5.91 Å². The van der Waals surface area contributed by atoms with Gasteiger partial charge in [0, 0.05) is 34.3 Å². The van der Waals surface area contributed by atoms with Crippen molar-refractivity contribution in [2.75, 3.05) is 12.0 Å². The molecule has 1 heterocycles. The predicted molar refractivity (Wildman–Crippen MR) is 103 cm³/mol. The number of benzene rings is 2. The highest BCUT2D eigenvalue weighted by molar-refractivity contribution is 8.76. The Kier molecular flexibility index (Phi) is 5.27. The van der Waals surface area contributed by atoms with Crippen molar-refractivity contribution in [3.63, 3.8) is 0 Å². The number of pyridine rings is 1. The van der Waals surface area contributed by atoms with Gasteiger partial charge in [0.15, 0.2) is 0 Å². The second kappa shape index (κ2) is 7.59. The molecule has 0 bridgehead atoms. The van der Waals surface area contributed by atoms with Crippen LogP contribution >= 0.6 is 21.6 Å². The van der Waals surface area contributed by atoms with E-state index in [-0.39, 0.29) is 5.91 Å². The van der Waals surface area contributed by atoms with Crippen molar-refractivity contribution < 1.29 is 4.79 Å². The molecule has 3 rings (SSSR count). The van der Waals surface area contributed by atoms with E-state index in [0.717, 1.165) is 21.4 Å². The van der Waals surface area contributed by atoms with Crippen LogP contribution in [-0.4, -0.2) is 17.1 Å². The molecular formula is C18H17N3OS2. The van der Waals surface area contributed by atoms with Gasteiger partial charge in [0.05, 0.1) is 5.52 Å². The molecule has 0 aliphatic carbocycles. The Balaban J connectivity index is 1.83. The summed E-state index contributed by atoms with van der Waals surface area (Å²) in [6.07, 6.45) is 3.83. The average molecular weight is 355 g/mol. The first kappa shape index (κ1) is 16.7. The lowest BCUT2D eigenvalue weighted by Gasteiger charge is -2.11. The summed E-state index contributed by atoms with van der Waals surface area (Å²) in [5.74, 6) is -0.137. The van der Waals surface area contributed by atoms with Crippen LogP contribution in [0.3, 0.4) is 0 Å². The topological polar surface area (TPSA) is 68.0 Å². The van der Waals surface area contributed by atoms with E-state index in [2.05, 4.69) is 16.4 Å². The Hall–Kier alpha value is -2.18. The fraction of sp³-hybridized carbons (Fsp3) is 0.111.